The van der Waals surface area contributed by atoms with Gasteiger partial charge >= 0.3 is 0 Å². The van der Waals surface area contributed by atoms with Gasteiger partial charge in [0.15, 0.2) is 5.82 Å². The Morgan fingerprint density at radius 2 is 2.33 bits per heavy atom. The Morgan fingerprint density at radius 3 is 2.87 bits per heavy atom. The van der Waals surface area contributed by atoms with Crippen molar-refractivity contribution in [2.24, 2.45) is 5.73 Å². The van der Waals surface area contributed by atoms with Crippen molar-refractivity contribution in [2.45, 2.75) is 6.04 Å². The first-order valence-corrected chi connectivity index (χ1v) is 4.48. The molecule has 0 spiro atoms. The van der Waals surface area contributed by atoms with Crippen molar-refractivity contribution in [1.29, 1.82) is 0 Å². The van der Waals surface area contributed by atoms with Crippen LogP contribution in [-0.4, -0.2) is 31.5 Å². The third-order valence-electron chi connectivity index (χ3n) is 2.05. The Balaban J connectivity index is 2.25. The molecule has 3 N–H and O–H groups in total. The van der Waals surface area contributed by atoms with E-state index >= 15 is 0 Å². The Labute approximate surface area is 86.4 Å². The third kappa shape index (κ3) is 2.00. The molecule has 78 valence electrons. The van der Waals surface area contributed by atoms with E-state index in [0.717, 1.165) is 5.56 Å². The van der Waals surface area contributed by atoms with Gasteiger partial charge < -0.3 is 10.8 Å². The Bertz CT molecular complexity index is 411. The van der Waals surface area contributed by atoms with Crippen LogP contribution in [0.2, 0.25) is 0 Å². The fourth-order valence-corrected chi connectivity index (χ4v) is 1.18. The van der Waals surface area contributed by atoms with Crippen LogP contribution < -0.4 is 5.73 Å². The molecular weight excluding hydrogens is 194 g/mol. The van der Waals surface area contributed by atoms with Gasteiger partial charge in [-0.2, -0.15) is 5.10 Å². The molecule has 0 radical (unpaired) electrons. The minimum Gasteiger partial charge on any atom is -0.394 e. The quantitative estimate of drug-likeness (QED) is 0.715. The zero-order valence-electron chi connectivity index (χ0n) is 7.98. The Kier molecular flexibility index (Phi) is 2.70. The van der Waals surface area contributed by atoms with Gasteiger partial charge in [0.2, 0.25) is 0 Å². The molecule has 6 nitrogen and oxygen atoms in total. The summed E-state index contributed by atoms with van der Waals surface area (Å²) in [5.41, 5.74) is 6.43. The van der Waals surface area contributed by atoms with Gasteiger partial charge in [-0.1, -0.05) is 6.07 Å². The SMILES string of the molecule is NC(CO)c1ccc(-n2cncn2)nc1. The van der Waals surface area contributed by atoms with Crippen LogP contribution in [0, 0.1) is 0 Å². The molecule has 6 heteroatoms. The van der Waals surface area contributed by atoms with Gasteiger partial charge in [-0.15, -0.1) is 0 Å². The molecule has 1 unspecified atom stereocenters. The van der Waals surface area contributed by atoms with Crippen molar-refractivity contribution in [2.75, 3.05) is 6.61 Å². The number of aromatic nitrogens is 4. The van der Waals surface area contributed by atoms with Crippen molar-refractivity contribution in [3.8, 4) is 5.82 Å². The van der Waals surface area contributed by atoms with Crippen LogP contribution in [0.3, 0.4) is 0 Å². The maximum atomic E-state index is 8.86. The number of nitrogens with zero attached hydrogens (tertiary/aromatic N) is 4. The molecule has 0 amide bonds. The summed E-state index contributed by atoms with van der Waals surface area (Å²) in [4.78, 5) is 7.98. The predicted molar refractivity (Wildman–Crippen MR) is 53.2 cm³/mol. The topological polar surface area (TPSA) is 89.8 Å². The number of aliphatic hydroxyl groups excluding tert-OH is 1. The second kappa shape index (κ2) is 4.16. The fourth-order valence-electron chi connectivity index (χ4n) is 1.18. The highest BCUT2D eigenvalue weighted by Gasteiger charge is 2.05. The predicted octanol–water partition coefficient (Wildman–Crippen LogP) is -0.346. The lowest BCUT2D eigenvalue weighted by molar-refractivity contribution is 0.268. The zero-order chi connectivity index (χ0) is 10.7. The Hall–Kier alpha value is -1.79. The summed E-state index contributed by atoms with van der Waals surface area (Å²) in [6.07, 6.45) is 4.63. The lowest BCUT2D eigenvalue weighted by Gasteiger charge is -2.08. The summed E-state index contributed by atoms with van der Waals surface area (Å²) in [5.74, 6) is 0.668. The highest BCUT2D eigenvalue weighted by molar-refractivity contribution is 5.25. The van der Waals surface area contributed by atoms with Crippen molar-refractivity contribution in [3.63, 3.8) is 0 Å². The summed E-state index contributed by atoms with van der Waals surface area (Å²) < 4.78 is 1.55. The van der Waals surface area contributed by atoms with E-state index < -0.39 is 0 Å². The van der Waals surface area contributed by atoms with Crippen LogP contribution in [0.25, 0.3) is 5.82 Å². The van der Waals surface area contributed by atoms with Crippen molar-refractivity contribution in [3.05, 3.63) is 36.5 Å². The second-order valence-electron chi connectivity index (χ2n) is 3.08. The molecule has 0 aliphatic heterocycles. The van der Waals surface area contributed by atoms with Crippen molar-refractivity contribution in [1.82, 2.24) is 19.7 Å². The molecule has 2 heterocycles. The highest BCUT2D eigenvalue weighted by atomic mass is 16.3. The first-order valence-electron chi connectivity index (χ1n) is 4.48. The lowest BCUT2D eigenvalue weighted by atomic mass is 10.1. The van der Waals surface area contributed by atoms with Gasteiger partial charge in [-0.05, 0) is 11.6 Å². The molecular formula is C9H11N5O. The van der Waals surface area contributed by atoms with Gasteiger partial charge in [0.25, 0.3) is 0 Å². The zero-order valence-corrected chi connectivity index (χ0v) is 7.98. The number of nitrogens with two attached hydrogens (primary N) is 1. The minimum atomic E-state index is -0.387. The van der Waals surface area contributed by atoms with E-state index in [1.807, 2.05) is 6.07 Å². The maximum absolute atomic E-state index is 8.86. The minimum absolute atomic E-state index is 0.0929. The lowest BCUT2D eigenvalue weighted by Crippen LogP contribution is -2.14. The number of hydrogen-bond acceptors (Lipinski definition) is 5. The summed E-state index contributed by atoms with van der Waals surface area (Å²) in [6, 6.07) is 3.20. The second-order valence-corrected chi connectivity index (χ2v) is 3.08. The maximum Gasteiger partial charge on any atom is 0.155 e. The van der Waals surface area contributed by atoms with Crippen LogP contribution in [0.15, 0.2) is 31.0 Å². The molecule has 0 aliphatic rings. The van der Waals surface area contributed by atoms with E-state index in [1.54, 1.807) is 23.3 Å². The number of aliphatic hydroxyl groups is 1. The van der Waals surface area contributed by atoms with Crippen molar-refractivity contribution >= 4 is 0 Å². The van der Waals surface area contributed by atoms with Crippen LogP contribution in [0.4, 0.5) is 0 Å². The molecule has 2 rings (SSSR count). The van der Waals surface area contributed by atoms with Gasteiger partial charge in [0.05, 0.1) is 12.6 Å². The molecule has 0 bridgehead atoms. The largest absolute Gasteiger partial charge is 0.394 e. The first kappa shape index (κ1) is 9.75. The Morgan fingerprint density at radius 1 is 1.47 bits per heavy atom. The van der Waals surface area contributed by atoms with E-state index in [-0.39, 0.29) is 12.6 Å². The van der Waals surface area contributed by atoms with Gasteiger partial charge in [-0.25, -0.2) is 14.6 Å². The van der Waals surface area contributed by atoms with Crippen LogP contribution >= 0.6 is 0 Å². The first-order chi connectivity index (χ1) is 7.31. The fraction of sp³-hybridized carbons (Fsp3) is 0.222. The average Bonchev–Trinajstić information content (AvgIpc) is 2.82. The third-order valence-corrected chi connectivity index (χ3v) is 2.05. The highest BCUT2D eigenvalue weighted by Crippen LogP contribution is 2.09. The monoisotopic (exact) mass is 205 g/mol. The van der Waals surface area contributed by atoms with Crippen LogP contribution in [0.5, 0.6) is 0 Å². The van der Waals surface area contributed by atoms with E-state index in [1.165, 1.54) is 6.33 Å². The number of pyridine rings is 1. The number of rotatable bonds is 3. The van der Waals surface area contributed by atoms with Crippen LogP contribution in [-0.2, 0) is 0 Å². The van der Waals surface area contributed by atoms with E-state index in [2.05, 4.69) is 15.1 Å². The van der Waals surface area contributed by atoms with E-state index in [0.29, 0.717) is 5.82 Å². The molecule has 2 aromatic heterocycles. The van der Waals surface area contributed by atoms with Crippen LogP contribution in [0.1, 0.15) is 11.6 Å². The molecule has 0 fully saturated rings. The molecule has 2 aromatic rings. The van der Waals surface area contributed by atoms with E-state index in [4.69, 9.17) is 10.8 Å². The van der Waals surface area contributed by atoms with Gasteiger partial charge in [-0.3, -0.25) is 0 Å². The van der Waals surface area contributed by atoms with Gasteiger partial charge in [0.1, 0.15) is 12.7 Å². The smallest absolute Gasteiger partial charge is 0.155 e. The molecule has 15 heavy (non-hydrogen) atoms. The molecule has 0 aliphatic carbocycles. The average molecular weight is 205 g/mol. The number of hydrogen-bond donors (Lipinski definition) is 2. The molecule has 1 atom stereocenters. The summed E-state index contributed by atoms with van der Waals surface area (Å²) in [7, 11) is 0. The summed E-state index contributed by atoms with van der Waals surface area (Å²) >= 11 is 0. The van der Waals surface area contributed by atoms with Gasteiger partial charge in [0, 0.05) is 6.20 Å². The molecule has 0 aromatic carbocycles. The van der Waals surface area contributed by atoms with E-state index in [9.17, 15) is 0 Å². The molecule has 0 saturated heterocycles. The molecule has 0 saturated carbocycles. The summed E-state index contributed by atoms with van der Waals surface area (Å²) in [5, 5.41) is 12.8. The summed E-state index contributed by atoms with van der Waals surface area (Å²) in [6.45, 7) is -0.0929. The normalized spacial score (nSPS) is 12.7. The van der Waals surface area contributed by atoms with Crippen molar-refractivity contribution < 1.29 is 5.11 Å². The standard InChI is InChI=1S/C9H11N5O/c10-8(4-15)7-1-2-9(12-3-7)14-6-11-5-13-14/h1-3,5-6,8,15H,4,10H2.